The van der Waals surface area contributed by atoms with Crippen molar-refractivity contribution in [2.24, 2.45) is 34.5 Å². The van der Waals surface area contributed by atoms with Crippen molar-refractivity contribution in [2.45, 2.75) is 127 Å². The maximum atomic E-state index is 12.3. The van der Waals surface area contributed by atoms with Gasteiger partial charge >= 0.3 is 23.9 Å². The Morgan fingerprint density at radius 3 is 1.30 bits per heavy atom. The Balaban J connectivity index is 0.000000270. The van der Waals surface area contributed by atoms with Gasteiger partial charge in [0.05, 0.1) is 22.7 Å². The molecule has 1 N–H and O–H groups in total. The molecule has 2 aromatic carbocycles. The number of nitrogens with zero attached hydrogens (tertiary/aromatic N) is 1. The number of carboxylic acids is 1. The van der Waals surface area contributed by atoms with Crippen LogP contribution in [0.1, 0.15) is 138 Å². The van der Waals surface area contributed by atoms with Gasteiger partial charge in [-0.3, -0.25) is 24.0 Å². The third-order valence-electron chi connectivity index (χ3n) is 11.1. The van der Waals surface area contributed by atoms with Crippen LogP contribution in [-0.4, -0.2) is 45.9 Å². The molecule has 2 aromatic rings. The molecule has 11 nitrogen and oxygen atoms in total. The fourth-order valence-corrected chi connectivity index (χ4v) is 6.00. The maximum absolute atomic E-state index is 12.3. The highest BCUT2D eigenvalue weighted by Crippen LogP contribution is 2.52. The zero-order chi connectivity index (χ0) is 42.5. The molecule has 308 valence electrons. The van der Waals surface area contributed by atoms with Gasteiger partial charge in [-0.15, -0.1) is 5.06 Å². The number of amides is 2. The first-order valence-electron chi connectivity index (χ1n) is 19.7. The topological polar surface area (TPSA) is 154 Å². The highest BCUT2D eigenvalue weighted by molar-refractivity contribution is 6.06. The summed E-state index contributed by atoms with van der Waals surface area (Å²) in [6, 6.07) is 15.4. The molecule has 1 saturated carbocycles. The number of benzene rings is 2. The van der Waals surface area contributed by atoms with Crippen LogP contribution in [0.3, 0.4) is 0 Å². The number of carbonyl (C=O) groups excluding carboxylic acids is 5. The predicted octanol–water partition coefficient (Wildman–Crippen LogP) is 9.45. The van der Waals surface area contributed by atoms with Crippen molar-refractivity contribution in [2.75, 3.05) is 0 Å². The predicted molar refractivity (Wildman–Crippen MR) is 214 cm³/mol. The average Bonchev–Trinajstić information content (AvgIpc) is 3.85. The molecular formula is C45H63NO10. The Hall–Kier alpha value is -4.80. The van der Waals surface area contributed by atoms with Crippen LogP contribution >= 0.6 is 0 Å². The number of hydroxylamine groups is 2. The molecule has 11 heteroatoms. The van der Waals surface area contributed by atoms with E-state index in [2.05, 4.69) is 27.7 Å². The minimum Gasteiger partial charge on any atom is -0.481 e. The van der Waals surface area contributed by atoms with E-state index in [-0.39, 0.29) is 47.4 Å². The molecule has 3 aliphatic rings. The summed E-state index contributed by atoms with van der Waals surface area (Å²) in [6.07, 6.45) is 8.40. The number of hydrogen-bond acceptors (Lipinski definition) is 9. The Morgan fingerprint density at radius 1 is 0.679 bits per heavy atom. The Bertz CT molecular complexity index is 1600. The lowest BCUT2D eigenvalue weighted by Gasteiger charge is -2.23. The fourth-order valence-electron chi connectivity index (χ4n) is 6.00. The molecule has 0 aromatic heterocycles. The number of allylic oxidation sites excluding steroid dienone is 2. The summed E-state index contributed by atoms with van der Waals surface area (Å²) < 4.78 is 9.89. The van der Waals surface area contributed by atoms with Gasteiger partial charge < -0.3 is 19.4 Å². The van der Waals surface area contributed by atoms with Crippen LogP contribution in [0.15, 0.2) is 60.7 Å². The van der Waals surface area contributed by atoms with E-state index in [0.717, 1.165) is 24.3 Å². The van der Waals surface area contributed by atoms with Crippen LogP contribution in [0, 0.1) is 34.5 Å². The second-order valence-electron chi connectivity index (χ2n) is 16.1. The van der Waals surface area contributed by atoms with E-state index >= 15 is 0 Å². The van der Waals surface area contributed by atoms with Crippen molar-refractivity contribution in [1.82, 2.24) is 5.06 Å². The molecule has 1 saturated heterocycles. The van der Waals surface area contributed by atoms with Crippen molar-refractivity contribution in [3.63, 3.8) is 0 Å². The van der Waals surface area contributed by atoms with Crippen LogP contribution < -0.4 is 9.47 Å². The van der Waals surface area contributed by atoms with Gasteiger partial charge in [-0.1, -0.05) is 78.0 Å². The van der Waals surface area contributed by atoms with Crippen LogP contribution in [-0.2, 0) is 33.6 Å². The number of carbonyl (C=O) groups is 6. The summed E-state index contributed by atoms with van der Waals surface area (Å²) in [6.45, 7) is 22.1. The molecule has 1 aliphatic heterocycles. The molecule has 2 fully saturated rings. The molecular weight excluding hydrogens is 714 g/mol. The van der Waals surface area contributed by atoms with Crippen molar-refractivity contribution >= 4 is 35.7 Å². The van der Waals surface area contributed by atoms with Gasteiger partial charge in [-0.25, -0.2) is 4.79 Å². The summed E-state index contributed by atoms with van der Waals surface area (Å²) in [4.78, 5) is 73.4. The fraction of sp³-hybridized carbons (Fsp3) is 0.556. The zero-order valence-corrected chi connectivity index (χ0v) is 35.3. The Morgan fingerprint density at radius 2 is 1.04 bits per heavy atom. The van der Waals surface area contributed by atoms with E-state index in [0.29, 0.717) is 36.2 Å². The number of fused-ring (bicyclic) bond motifs is 5. The summed E-state index contributed by atoms with van der Waals surface area (Å²) in [5.74, 6) is -0.547. The number of ether oxygens (including phenoxy) is 2. The Labute approximate surface area is 333 Å². The quantitative estimate of drug-likeness (QED) is 0.101. The van der Waals surface area contributed by atoms with Gasteiger partial charge in [0.15, 0.2) is 0 Å². The lowest BCUT2D eigenvalue weighted by Crippen LogP contribution is -2.39. The highest BCUT2D eigenvalue weighted by Gasteiger charge is 2.61. The minimum absolute atomic E-state index is 0.129. The number of carboxylic acid groups (broad SMARTS) is 1. The lowest BCUT2D eigenvalue weighted by atomic mass is 9.85. The van der Waals surface area contributed by atoms with Gasteiger partial charge in [0.2, 0.25) is 0 Å². The van der Waals surface area contributed by atoms with Crippen molar-refractivity contribution < 1.29 is 48.2 Å². The van der Waals surface area contributed by atoms with Crippen LogP contribution in [0.5, 0.6) is 11.5 Å². The molecule has 56 heavy (non-hydrogen) atoms. The number of esters is 2. The summed E-state index contributed by atoms with van der Waals surface area (Å²) in [5, 5.41) is 9.16. The molecule has 1 heterocycles. The average molecular weight is 778 g/mol. The smallest absolute Gasteiger partial charge is 0.338 e. The van der Waals surface area contributed by atoms with Crippen molar-refractivity contribution in [3.8, 4) is 11.5 Å². The first kappa shape index (κ1) is 47.4. The number of aliphatic carboxylic acids is 1. The van der Waals surface area contributed by atoms with Crippen LogP contribution in [0.4, 0.5) is 0 Å². The van der Waals surface area contributed by atoms with Gasteiger partial charge in [-0.2, -0.15) is 0 Å². The first-order valence-corrected chi connectivity index (χ1v) is 19.7. The minimum atomic E-state index is -0.722. The number of hydrogen-bond donors (Lipinski definition) is 1. The van der Waals surface area contributed by atoms with E-state index < -0.39 is 22.8 Å². The zero-order valence-electron chi connectivity index (χ0n) is 35.3. The van der Waals surface area contributed by atoms with Crippen molar-refractivity contribution in [1.29, 1.82) is 0 Å². The molecule has 2 amide bonds. The van der Waals surface area contributed by atoms with Gasteiger partial charge in [0.1, 0.15) is 11.5 Å². The van der Waals surface area contributed by atoms with E-state index in [9.17, 15) is 28.8 Å². The monoisotopic (exact) mass is 777 g/mol. The van der Waals surface area contributed by atoms with E-state index in [1.54, 1.807) is 27.7 Å². The molecule has 5 rings (SSSR count). The van der Waals surface area contributed by atoms with Gasteiger partial charge in [0.25, 0.3) is 11.8 Å². The van der Waals surface area contributed by atoms with E-state index in [1.807, 2.05) is 74.5 Å². The normalized spacial score (nSPS) is 20.2. The molecule has 0 radical (unpaired) electrons. The summed E-state index contributed by atoms with van der Waals surface area (Å²) in [7, 11) is 0. The van der Waals surface area contributed by atoms with Gasteiger partial charge in [0, 0.05) is 13.8 Å². The molecule has 6 atom stereocenters. The van der Waals surface area contributed by atoms with E-state index in [4.69, 9.17) is 19.4 Å². The highest BCUT2D eigenvalue weighted by atomic mass is 16.7. The Kier molecular flexibility index (Phi) is 17.7. The number of rotatable bonds is 11. The van der Waals surface area contributed by atoms with Crippen LogP contribution in [0.2, 0.25) is 0 Å². The summed E-state index contributed by atoms with van der Waals surface area (Å²) in [5.41, 5.74) is 1.32. The second kappa shape index (κ2) is 20.9. The van der Waals surface area contributed by atoms with Crippen LogP contribution in [0.25, 0.3) is 0 Å². The molecule has 6 unspecified atom stereocenters. The SMILES string of the molecule is CCC(C)(C)C(=O)O.CCC(C)(C)C(=O)ON1C(=O)C2C3C=CC(C3)C2C1=O.CCC(C)c1ccc(OC(C)=O)cc1.CCC(C)c1ccc(OC(C)=O)cc1. The van der Waals surface area contributed by atoms with Crippen molar-refractivity contribution in [3.05, 3.63) is 71.8 Å². The second-order valence-corrected chi connectivity index (χ2v) is 16.1. The third-order valence-corrected chi connectivity index (χ3v) is 11.1. The lowest BCUT2D eigenvalue weighted by molar-refractivity contribution is -0.205. The number of imide groups is 1. The molecule has 0 spiro atoms. The van der Waals surface area contributed by atoms with Gasteiger partial charge in [-0.05, 0) is 119 Å². The standard InChI is InChI=1S/C15H19NO4.2C12H16O2.C6H12O2/c1-4-15(2,3)14(19)20-16-12(17)10-8-5-6-9(7-8)11(10)13(16)18;2*1-4-9(2)11-5-7-12(8-6-11)14-10(3)13;1-4-6(2,3)5(7)8/h5-6,8-11H,4,7H2,1-3H3;2*5-9H,4H2,1-3H3;4H2,1-3H3,(H,7,8). The third kappa shape index (κ3) is 12.9. The first-order chi connectivity index (χ1) is 26.1. The maximum Gasteiger partial charge on any atom is 0.338 e. The largest absolute Gasteiger partial charge is 0.481 e. The summed E-state index contributed by atoms with van der Waals surface area (Å²) >= 11 is 0. The van der Waals surface area contributed by atoms with E-state index in [1.165, 1.54) is 25.0 Å². The molecule has 2 aliphatic carbocycles. The molecule has 2 bridgehead atoms.